The van der Waals surface area contributed by atoms with Crippen LogP contribution in [0.5, 0.6) is 0 Å². The molecule has 1 aliphatic rings. The molecule has 178 valence electrons. The van der Waals surface area contributed by atoms with Gasteiger partial charge in [0.15, 0.2) is 17.7 Å². The molecule has 2 unspecified atom stereocenters. The summed E-state index contributed by atoms with van der Waals surface area (Å²) in [6.07, 6.45) is -3.69. The van der Waals surface area contributed by atoms with E-state index < -0.39 is 54.6 Å². The summed E-state index contributed by atoms with van der Waals surface area (Å²) in [4.78, 5) is 47.2. The maximum Gasteiger partial charge on any atom is 0.490 e. The third kappa shape index (κ3) is 6.50. The smallest absolute Gasteiger partial charge is 0.387 e. The Balaban J connectivity index is 0.00000363. The van der Waals surface area contributed by atoms with E-state index in [1.54, 1.807) is 0 Å². The lowest BCUT2D eigenvalue weighted by Crippen LogP contribution is -2.33. The number of hydrogen-bond donors (Lipinski definition) is 7. The molecule has 0 spiro atoms. The molecule has 0 radical (unpaired) electrons. The number of anilines is 1. The van der Waals surface area contributed by atoms with Gasteiger partial charge in [-0.1, -0.05) is 0 Å². The van der Waals surface area contributed by atoms with Gasteiger partial charge in [0.1, 0.15) is 30.2 Å². The number of hydrogen-bond acceptors (Lipinski definition) is 13. The van der Waals surface area contributed by atoms with Crippen LogP contribution < -0.4 is 5.73 Å². The van der Waals surface area contributed by atoms with Gasteiger partial charge in [0, 0.05) is 0 Å². The van der Waals surface area contributed by atoms with Crippen molar-refractivity contribution in [1.82, 2.24) is 19.5 Å². The van der Waals surface area contributed by atoms with E-state index in [9.17, 15) is 28.8 Å². The van der Waals surface area contributed by atoms with E-state index in [1.165, 1.54) is 10.9 Å². The van der Waals surface area contributed by atoms with E-state index >= 15 is 0 Å². The maximum absolute atomic E-state index is 11.8. The summed E-state index contributed by atoms with van der Waals surface area (Å²) in [5, 5.41) is 20.4. The lowest BCUT2D eigenvalue weighted by molar-refractivity contribution is -0.0503. The van der Waals surface area contributed by atoms with Gasteiger partial charge in [-0.15, -0.1) is 0 Å². The average molecular weight is 534 g/mol. The number of aliphatic hydroxyl groups is 2. The van der Waals surface area contributed by atoms with Crippen molar-refractivity contribution in [3.63, 3.8) is 0 Å². The fourth-order valence-corrected chi connectivity index (χ4v) is 5.65. The minimum atomic E-state index is -5.70. The van der Waals surface area contributed by atoms with Crippen molar-refractivity contribution in [1.29, 1.82) is 0 Å². The first-order valence-electron chi connectivity index (χ1n) is 7.92. The summed E-state index contributed by atoms with van der Waals surface area (Å²) >= 11 is 0. The van der Waals surface area contributed by atoms with E-state index in [1.807, 2.05) is 0 Å². The Kier molecular flexibility index (Phi) is 8.60. The molecular weight excluding hydrogens is 515 g/mol. The maximum atomic E-state index is 11.8. The molecule has 2 aromatic rings. The molecule has 0 aliphatic carbocycles. The van der Waals surface area contributed by atoms with Crippen LogP contribution in [0.3, 0.4) is 0 Å². The number of phosphoric acid groups is 3. The first-order chi connectivity index (χ1) is 14.2. The second-order valence-electron chi connectivity index (χ2n) is 6.02. The van der Waals surface area contributed by atoms with Crippen LogP contribution in [-0.4, -0.2) is 97.3 Å². The predicted molar refractivity (Wildman–Crippen MR) is 104 cm³/mol. The zero-order valence-corrected chi connectivity index (χ0v) is 17.6. The third-order valence-electron chi connectivity index (χ3n) is 3.82. The summed E-state index contributed by atoms with van der Waals surface area (Å²) < 4.78 is 51.9. The number of nitrogen functional groups attached to an aromatic ring is 1. The van der Waals surface area contributed by atoms with Crippen LogP contribution in [0.15, 0.2) is 12.7 Å². The van der Waals surface area contributed by atoms with E-state index in [0.717, 1.165) is 6.33 Å². The molecule has 1 fully saturated rings. The number of aliphatic hydroxyl groups excluding tert-OH is 2. The monoisotopic (exact) mass is 533 g/mol. The molecule has 18 nitrogen and oxygen atoms in total. The Morgan fingerprint density at radius 2 is 1.69 bits per heavy atom. The molecular formula is C10H18MgN5O13P3. The van der Waals surface area contributed by atoms with E-state index in [0.29, 0.717) is 0 Å². The van der Waals surface area contributed by atoms with Crippen LogP contribution in [0, 0.1) is 0 Å². The van der Waals surface area contributed by atoms with Crippen LogP contribution in [0.1, 0.15) is 6.23 Å². The average Bonchev–Trinajstić information content (AvgIpc) is 3.13. The second kappa shape index (κ2) is 9.95. The van der Waals surface area contributed by atoms with Gasteiger partial charge in [-0.25, -0.2) is 28.6 Å². The first-order valence-corrected chi connectivity index (χ1v) is 12.4. The third-order valence-corrected chi connectivity index (χ3v) is 7.62. The number of phosphoric ester groups is 1. The SMILES string of the molecule is Nc1ncnc2c1ncn2[C@@H]1O[C@H](COP(=O)(O)OP(=O)(O)OP(=O)(O)O)[C@@H](O)[C@H]1O.[MgH2]. The van der Waals surface area contributed by atoms with Gasteiger partial charge in [-0.05, 0) is 0 Å². The summed E-state index contributed by atoms with van der Waals surface area (Å²) in [5.74, 6) is 0.0426. The van der Waals surface area contributed by atoms with Gasteiger partial charge < -0.3 is 40.3 Å². The van der Waals surface area contributed by atoms with Crippen molar-refractivity contribution >= 4 is 63.5 Å². The van der Waals surface area contributed by atoms with Crippen LogP contribution in [-0.2, 0) is 31.6 Å². The zero-order valence-electron chi connectivity index (χ0n) is 14.9. The van der Waals surface area contributed by atoms with Crippen LogP contribution >= 0.6 is 23.5 Å². The molecule has 2 aromatic heterocycles. The Hall–Kier alpha value is -0.594. The molecule has 8 N–H and O–H groups in total. The normalized spacial score (nSPS) is 27.6. The Labute approximate surface area is 193 Å². The Morgan fingerprint density at radius 3 is 2.31 bits per heavy atom. The molecule has 3 heterocycles. The minimum absolute atomic E-state index is 0. The van der Waals surface area contributed by atoms with Gasteiger partial charge in [0.2, 0.25) is 0 Å². The molecule has 32 heavy (non-hydrogen) atoms. The van der Waals surface area contributed by atoms with Crippen molar-refractivity contribution in [2.24, 2.45) is 0 Å². The van der Waals surface area contributed by atoms with Crippen molar-refractivity contribution in [3.8, 4) is 0 Å². The zero-order chi connectivity index (χ0) is 23.2. The number of rotatable bonds is 8. The van der Waals surface area contributed by atoms with Gasteiger partial charge in [-0.3, -0.25) is 9.09 Å². The number of nitrogens with two attached hydrogens (primary N) is 1. The Morgan fingerprint density at radius 1 is 1.03 bits per heavy atom. The largest absolute Gasteiger partial charge is 0.490 e. The number of ether oxygens (including phenoxy) is 1. The summed E-state index contributed by atoms with van der Waals surface area (Å²) in [5.41, 5.74) is 6.00. The molecule has 0 aromatic carbocycles. The Bertz CT molecular complexity index is 1110. The number of aromatic nitrogens is 4. The fraction of sp³-hybridized carbons (Fsp3) is 0.500. The van der Waals surface area contributed by atoms with Crippen LogP contribution in [0.4, 0.5) is 5.82 Å². The molecule has 1 saturated heterocycles. The minimum Gasteiger partial charge on any atom is -0.387 e. The molecule has 1 aliphatic heterocycles. The number of nitrogens with zero attached hydrogens (tertiary/aromatic N) is 4. The van der Waals surface area contributed by atoms with Crippen molar-refractivity contribution in [2.75, 3.05) is 12.3 Å². The van der Waals surface area contributed by atoms with Crippen LogP contribution in [0.25, 0.3) is 11.2 Å². The lowest BCUT2D eigenvalue weighted by atomic mass is 10.1. The summed E-state index contributed by atoms with van der Waals surface area (Å²) in [6, 6.07) is 0. The molecule has 0 saturated carbocycles. The van der Waals surface area contributed by atoms with Crippen LogP contribution in [0.2, 0.25) is 0 Å². The quantitative estimate of drug-likeness (QED) is 0.136. The highest BCUT2D eigenvalue weighted by Crippen LogP contribution is 2.66. The highest BCUT2D eigenvalue weighted by molar-refractivity contribution is 7.66. The topological polar surface area (TPSA) is 279 Å². The standard InChI is InChI=1S/C10H16N5O13P3.Mg.2H/c11-8-5-9(13-2-12-8)15(3-14-5)10-7(17)6(16)4(26-10)1-25-30(21,22)28-31(23,24)27-29(18,19)20;;;/h2-4,6-7,10,16-17H,1H2,(H,21,22)(H,23,24)(H2,11,12,13)(H2,18,19,20);;;/t4-,6-,7-,10-;;;/m1.../s1. The van der Waals surface area contributed by atoms with E-state index in [-0.39, 0.29) is 40.0 Å². The summed E-state index contributed by atoms with van der Waals surface area (Å²) in [6.45, 7) is -0.956. The lowest BCUT2D eigenvalue weighted by Gasteiger charge is -2.19. The molecule has 0 amide bonds. The molecule has 0 bridgehead atoms. The van der Waals surface area contributed by atoms with Gasteiger partial charge >= 0.3 is 46.5 Å². The number of imidazole rings is 1. The highest BCUT2D eigenvalue weighted by Gasteiger charge is 2.47. The summed E-state index contributed by atoms with van der Waals surface area (Å²) in [7, 11) is -16.7. The van der Waals surface area contributed by atoms with Gasteiger partial charge in [-0.2, -0.15) is 8.62 Å². The van der Waals surface area contributed by atoms with E-state index in [4.69, 9.17) is 25.2 Å². The van der Waals surface area contributed by atoms with Gasteiger partial charge in [0.25, 0.3) is 0 Å². The fourth-order valence-electron chi connectivity index (χ4n) is 2.62. The molecule has 3 rings (SSSR count). The second-order valence-corrected chi connectivity index (χ2v) is 10.4. The van der Waals surface area contributed by atoms with Gasteiger partial charge in [0.05, 0.1) is 12.9 Å². The van der Waals surface area contributed by atoms with Crippen molar-refractivity contribution in [3.05, 3.63) is 12.7 Å². The molecule has 6 atom stereocenters. The highest BCUT2D eigenvalue weighted by atomic mass is 31.3. The first kappa shape index (κ1) is 27.6. The predicted octanol–water partition coefficient (Wildman–Crippen LogP) is -2.55. The van der Waals surface area contributed by atoms with E-state index in [2.05, 4.69) is 28.1 Å². The number of fused-ring (bicyclic) bond motifs is 1. The molecule has 22 heteroatoms. The van der Waals surface area contributed by atoms with Crippen molar-refractivity contribution in [2.45, 2.75) is 24.5 Å². The van der Waals surface area contributed by atoms with Crippen molar-refractivity contribution < 1.29 is 61.4 Å².